The first-order valence-electron chi connectivity index (χ1n) is 7.47. The molecule has 0 aliphatic heterocycles. The van der Waals surface area contributed by atoms with Crippen LogP contribution in [-0.4, -0.2) is 11.2 Å². The Bertz CT molecular complexity index is 213. The molecular formula is C15H28O. The lowest BCUT2D eigenvalue weighted by atomic mass is 9.83. The smallest absolute Gasteiger partial charge is 0.0599 e. The van der Waals surface area contributed by atoms with Gasteiger partial charge in [-0.15, -0.1) is 0 Å². The molecule has 1 unspecified atom stereocenters. The molecule has 2 saturated carbocycles. The lowest BCUT2D eigenvalue weighted by Crippen LogP contribution is -2.25. The minimum atomic E-state index is 0.0272. The summed E-state index contributed by atoms with van der Waals surface area (Å²) in [5.41, 5.74) is 0.383. The fraction of sp³-hybridized carbons (Fsp3) is 1.00. The molecule has 0 aromatic heterocycles. The molecule has 1 spiro atoms. The van der Waals surface area contributed by atoms with Crippen molar-refractivity contribution in [1.82, 2.24) is 0 Å². The third kappa shape index (κ3) is 2.61. The van der Waals surface area contributed by atoms with Crippen LogP contribution in [0.2, 0.25) is 0 Å². The van der Waals surface area contributed by atoms with Crippen LogP contribution in [0.4, 0.5) is 0 Å². The van der Waals surface area contributed by atoms with E-state index in [2.05, 4.69) is 6.92 Å². The summed E-state index contributed by atoms with van der Waals surface area (Å²) in [7, 11) is 0. The summed E-state index contributed by atoms with van der Waals surface area (Å²) >= 11 is 0. The van der Waals surface area contributed by atoms with Crippen LogP contribution >= 0.6 is 0 Å². The Morgan fingerprint density at radius 3 is 2.75 bits per heavy atom. The van der Waals surface area contributed by atoms with E-state index in [1.54, 1.807) is 0 Å². The molecule has 16 heavy (non-hydrogen) atoms. The average Bonchev–Trinajstić information content (AvgIpc) is 2.97. The summed E-state index contributed by atoms with van der Waals surface area (Å²) in [6.07, 6.45) is 14.6. The van der Waals surface area contributed by atoms with Crippen LogP contribution in [0.1, 0.15) is 77.6 Å². The summed E-state index contributed by atoms with van der Waals surface area (Å²) in [6, 6.07) is 0. The molecule has 1 heteroatoms. The highest BCUT2D eigenvalue weighted by atomic mass is 16.3. The van der Waals surface area contributed by atoms with Crippen LogP contribution in [0.25, 0.3) is 0 Å². The highest BCUT2D eigenvalue weighted by Crippen LogP contribution is 2.62. The van der Waals surface area contributed by atoms with Gasteiger partial charge in [-0.25, -0.2) is 0 Å². The van der Waals surface area contributed by atoms with Gasteiger partial charge >= 0.3 is 0 Å². The lowest BCUT2D eigenvalue weighted by Gasteiger charge is -2.26. The Morgan fingerprint density at radius 1 is 1.12 bits per heavy atom. The first kappa shape index (κ1) is 12.4. The number of aliphatic hydroxyl groups excluding tert-OH is 1. The third-order valence-electron chi connectivity index (χ3n) is 4.97. The Hall–Kier alpha value is -0.0400. The number of hydrogen-bond acceptors (Lipinski definition) is 1. The molecule has 0 heterocycles. The predicted octanol–water partition coefficient (Wildman–Crippen LogP) is 4.29. The van der Waals surface area contributed by atoms with E-state index in [9.17, 15) is 5.11 Å². The summed E-state index contributed by atoms with van der Waals surface area (Å²) in [6.45, 7) is 2.27. The third-order valence-corrected chi connectivity index (χ3v) is 4.97. The fourth-order valence-electron chi connectivity index (χ4n) is 3.74. The van der Waals surface area contributed by atoms with E-state index in [0.29, 0.717) is 5.41 Å². The van der Waals surface area contributed by atoms with E-state index < -0.39 is 0 Å². The van der Waals surface area contributed by atoms with Gasteiger partial charge in [0.2, 0.25) is 0 Å². The zero-order valence-corrected chi connectivity index (χ0v) is 10.9. The van der Waals surface area contributed by atoms with Gasteiger partial charge in [-0.1, -0.05) is 51.9 Å². The van der Waals surface area contributed by atoms with Crippen molar-refractivity contribution in [3.05, 3.63) is 0 Å². The molecule has 0 radical (unpaired) electrons. The minimum Gasteiger partial charge on any atom is -0.393 e. The second-order valence-electron chi connectivity index (χ2n) is 6.10. The van der Waals surface area contributed by atoms with Crippen LogP contribution in [0.3, 0.4) is 0 Å². The van der Waals surface area contributed by atoms with Crippen molar-refractivity contribution in [3.8, 4) is 0 Å². The average molecular weight is 224 g/mol. The van der Waals surface area contributed by atoms with E-state index in [0.717, 1.165) is 12.3 Å². The molecule has 2 rings (SSSR count). The van der Waals surface area contributed by atoms with Crippen LogP contribution in [-0.2, 0) is 0 Å². The molecule has 0 amide bonds. The van der Waals surface area contributed by atoms with Crippen LogP contribution in [0, 0.1) is 11.3 Å². The second-order valence-corrected chi connectivity index (χ2v) is 6.10. The van der Waals surface area contributed by atoms with Gasteiger partial charge in [-0.3, -0.25) is 0 Å². The first-order valence-corrected chi connectivity index (χ1v) is 7.47. The van der Waals surface area contributed by atoms with Crippen LogP contribution < -0.4 is 0 Å². The molecular weight excluding hydrogens is 196 g/mol. The van der Waals surface area contributed by atoms with Crippen molar-refractivity contribution in [1.29, 1.82) is 0 Å². The normalized spacial score (nSPS) is 39.4. The number of aliphatic hydroxyl groups is 1. The van der Waals surface area contributed by atoms with Crippen molar-refractivity contribution in [2.24, 2.45) is 11.3 Å². The maximum atomic E-state index is 10.3. The number of unbranched alkanes of at least 4 members (excludes halogenated alkanes) is 2. The molecule has 0 bridgehead atoms. The summed E-state index contributed by atoms with van der Waals surface area (Å²) < 4.78 is 0. The summed E-state index contributed by atoms with van der Waals surface area (Å²) in [5, 5.41) is 10.3. The molecule has 2 aliphatic rings. The van der Waals surface area contributed by atoms with E-state index >= 15 is 0 Å². The van der Waals surface area contributed by atoms with Crippen molar-refractivity contribution in [3.63, 3.8) is 0 Å². The zero-order chi connectivity index (χ0) is 11.4. The van der Waals surface area contributed by atoms with Gasteiger partial charge in [0.05, 0.1) is 6.10 Å². The van der Waals surface area contributed by atoms with Gasteiger partial charge < -0.3 is 5.11 Å². The van der Waals surface area contributed by atoms with Crippen molar-refractivity contribution in [2.75, 3.05) is 0 Å². The van der Waals surface area contributed by atoms with Crippen molar-refractivity contribution in [2.45, 2.75) is 83.7 Å². The topological polar surface area (TPSA) is 20.2 Å². The largest absolute Gasteiger partial charge is 0.393 e. The Kier molecular flexibility index (Phi) is 4.29. The van der Waals surface area contributed by atoms with Gasteiger partial charge in [-0.2, -0.15) is 0 Å². The van der Waals surface area contributed by atoms with Gasteiger partial charge in [0, 0.05) is 0 Å². The van der Waals surface area contributed by atoms with E-state index in [4.69, 9.17) is 0 Å². The SMILES string of the molecule is CCCCC[C@H]1C[C@]12CCCCCCC2O. The Morgan fingerprint density at radius 2 is 1.94 bits per heavy atom. The molecule has 1 N–H and O–H groups in total. The zero-order valence-electron chi connectivity index (χ0n) is 10.9. The highest BCUT2D eigenvalue weighted by molar-refractivity contribution is 5.06. The maximum Gasteiger partial charge on any atom is 0.0599 e. The maximum absolute atomic E-state index is 10.3. The monoisotopic (exact) mass is 224 g/mol. The van der Waals surface area contributed by atoms with Gasteiger partial charge in [0.15, 0.2) is 0 Å². The number of hydrogen-bond donors (Lipinski definition) is 1. The summed E-state index contributed by atoms with van der Waals surface area (Å²) in [4.78, 5) is 0. The molecule has 2 fully saturated rings. The second kappa shape index (κ2) is 5.53. The lowest BCUT2D eigenvalue weighted by molar-refractivity contribution is 0.0577. The van der Waals surface area contributed by atoms with E-state index in [-0.39, 0.29) is 6.10 Å². The molecule has 1 nitrogen and oxygen atoms in total. The standard InChI is InChI=1S/C15H28O/c1-2-3-6-9-13-12-15(13)11-8-5-4-7-10-14(15)16/h13-14,16H,2-12H2,1H3/t13-,14?,15+/m0/s1. The molecule has 0 aromatic carbocycles. The van der Waals surface area contributed by atoms with Gasteiger partial charge in [0.25, 0.3) is 0 Å². The minimum absolute atomic E-state index is 0.0272. The fourth-order valence-corrected chi connectivity index (χ4v) is 3.74. The predicted molar refractivity (Wildman–Crippen MR) is 68.4 cm³/mol. The van der Waals surface area contributed by atoms with Crippen LogP contribution in [0.15, 0.2) is 0 Å². The van der Waals surface area contributed by atoms with Gasteiger partial charge in [0.1, 0.15) is 0 Å². The summed E-state index contributed by atoms with van der Waals surface area (Å²) in [5.74, 6) is 0.868. The quantitative estimate of drug-likeness (QED) is 0.706. The van der Waals surface area contributed by atoms with E-state index in [1.165, 1.54) is 64.2 Å². The van der Waals surface area contributed by atoms with E-state index in [1.807, 2.05) is 0 Å². The molecule has 0 saturated heterocycles. The molecule has 94 valence electrons. The van der Waals surface area contributed by atoms with Crippen molar-refractivity contribution >= 4 is 0 Å². The highest BCUT2D eigenvalue weighted by Gasteiger charge is 2.56. The molecule has 3 atom stereocenters. The molecule has 2 aliphatic carbocycles. The number of rotatable bonds is 4. The van der Waals surface area contributed by atoms with Crippen molar-refractivity contribution < 1.29 is 5.11 Å². The van der Waals surface area contributed by atoms with Crippen LogP contribution in [0.5, 0.6) is 0 Å². The first-order chi connectivity index (χ1) is 7.79. The Labute approximate surface area is 101 Å². The Balaban J connectivity index is 1.81. The van der Waals surface area contributed by atoms with Gasteiger partial charge in [-0.05, 0) is 37.0 Å². The molecule has 0 aromatic rings.